The Labute approximate surface area is 181 Å². The highest BCUT2D eigenvalue weighted by Gasteiger charge is 2.26. The molecule has 2 heterocycles. The number of aromatic nitrogens is 2. The Kier molecular flexibility index (Phi) is 7.15. The Morgan fingerprint density at radius 3 is 2.39 bits per heavy atom. The van der Waals surface area contributed by atoms with Gasteiger partial charge in [-0.15, -0.1) is 0 Å². The van der Waals surface area contributed by atoms with Gasteiger partial charge in [0.2, 0.25) is 0 Å². The average molecular weight is 459 g/mol. The SMILES string of the molecule is CC(C)c1noc(N2CCC(N(C)CCOc3c(F)cc(S(C)(=O)=O)cc3F)CC2)n1. The van der Waals surface area contributed by atoms with Crippen molar-refractivity contribution in [1.29, 1.82) is 0 Å². The number of anilines is 1. The van der Waals surface area contributed by atoms with Crippen LogP contribution >= 0.6 is 0 Å². The van der Waals surface area contributed by atoms with Crippen molar-refractivity contribution in [2.45, 2.75) is 43.5 Å². The van der Waals surface area contributed by atoms with Gasteiger partial charge >= 0.3 is 6.01 Å². The van der Waals surface area contributed by atoms with E-state index in [1.807, 2.05) is 20.9 Å². The molecule has 1 aromatic heterocycles. The molecule has 3 rings (SSSR count). The van der Waals surface area contributed by atoms with Crippen molar-refractivity contribution in [3.63, 3.8) is 0 Å². The zero-order valence-corrected chi connectivity index (χ0v) is 19.0. The first-order valence-electron chi connectivity index (χ1n) is 10.2. The predicted molar refractivity (Wildman–Crippen MR) is 111 cm³/mol. The summed E-state index contributed by atoms with van der Waals surface area (Å²) in [5.74, 6) is -1.73. The molecule has 1 saturated heterocycles. The minimum atomic E-state index is -3.70. The van der Waals surface area contributed by atoms with E-state index in [-0.39, 0.29) is 18.6 Å². The first-order chi connectivity index (χ1) is 14.6. The quantitative estimate of drug-likeness (QED) is 0.597. The molecule has 0 amide bonds. The van der Waals surface area contributed by atoms with Crippen molar-refractivity contribution < 1.29 is 26.5 Å². The predicted octanol–water partition coefficient (Wildman–Crippen LogP) is 2.85. The van der Waals surface area contributed by atoms with E-state index in [1.165, 1.54) is 0 Å². The number of piperidine rings is 1. The number of hydrogen-bond donors (Lipinski definition) is 0. The number of hydrogen-bond acceptors (Lipinski definition) is 8. The van der Waals surface area contributed by atoms with Gasteiger partial charge in [-0.25, -0.2) is 17.2 Å². The van der Waals surface area contributed by atoms with E-state index in [0.717, 1.165) is 44.3 Å². The second-order valence-corrected chi connectivity index (χ2v) is 10.1. The van der Waals surface area contributed by atoms with Gasteiger partial charge < -0.3 is 14.2 Å². The molecule has 2 aromatic rings. The number of likely N-dealkylation sites (N-methyl/N-ethyl adjacent to an activating group) is 1. The van der Waals surface area contributed by atoms with E-state index in [0.29, 0.717) is 18.4 Å². The van der Waals surface area contributed by atoms with Crippen LogP contribution in [0.2, 0.25) is 0 Å². The monoisotopic (exact) mass is 458 g/mol. The number of ether oxygens (including phenoxy) is 1. The van der Waals surface area contributed by atoms with Crippen LogP contribution < -0.4 is 9.64 Å². The number of sulfone groups is 1. The molecule has 0 saturated carbocycles. The summed E-state index contributed by atoms with van der Waals surface area (Å²) < 4.78 is 61.8. The van der Waals surface area contributed by atoms with Gasteiger partial charge in [0, 0.05) is 37.8 Å². The second-order valence-electron chi connectivity index (χ2n) is 8.13. The van der Waals surface area contributed by atoms with Gasteiger partial charge in [0.25, 0.3) is 0 Å². The molecule has 0 aliphatic carbocycles. The molecule has 1 aliphatic heterocycles. The van der Waals surface area contributed by atoms with Crippen LogP contribution in [0.1, 0.15) is 38.4 Å². The molecule has 0 unspecified atom stereocenters. The van der Waals surface area contributed by atoms with Gasteiger partial charge in [-0.3, -0.25) is 4.90 Å². The summed E-state index contributed by atoms with van der Waals surface area (Å²) in [5, 5.41) is 4.00. The summed E-state index contributed by atoms with van der Waals surface area (Å²) in [4.78, 5) is 8.17. The van der Waals surface area contributed by atoms with E-state index in [1.54, 1.807) is 0 Å². The molecule has 8 nitrogen and oxygen atoms in total. The fourth-order valence-corrected chi connectivity index (χ4v) is 4.09. The summed E-state index contributed by atoms with van der Waals surface area (Å²) >= 11 is 0. The first kappa shape index (κ1) is 23.4. The van der Waals surface area contributed by atoms with E-state index < -0.39 is 32.1 Å². The van der Waals surface area contributed by atoms with Crippen molar-refractivity contribution >= 4 is 15.9 Å². The molecule has 0 atom stereocenters. The Morgan fingerprint density at radius 2 is 1.87 bits per heavy atom. The fourth-order valence-electron chi connectivity index (χ4n) is 3.45. The standard InChI is InChI=1S/C20H28F2N4O4S/c1-13(2)19-23-20(30-24-19)26-7-5-14(6-8-26)25(3)9-10-29-18-16(21)11-15(12-17(18)22)31(4,27)28/h11-14H,5-10H2,1-4H3. The molecule has 1 aliphatic rings. The molecule has 11 heteroatoms. The van der Waals surface area contributed by atoms with Crippen LogP contribution in [-0.2, 0) is 9.84 Å². The van der Waals surface area contributed by atoms with Gasteiger partial charge in [-0.1, -0.05) is 19.0 Å². The summed E-state index contributed by atoms with van der Waals surface area (Å²) in [7, 11) is -1.77. The molecular weight excluding hydrogens is 430 g/mol. The number of halogens is 2. The average Bonchev–Trinajstić information content (AvgIpc) is 3.20. The normalized spacial score (nSPS) is 15.8. The third kappa shape index (κ3) is 5.70. The van der Waals surface area contributed by atoms with E-state index in [9.17, 15) is 17.2 Å². The van der Waals surface area contributed by atoms with Crippen LogP contribution in [0.5, 0.6) is 5.75 Å². The van der Waals surface area contributed by atoms with Crippen LogP contribution in [0, 0.1) is 11.6 Å². The highest BCUT2D eigenvalue weighted by atomic mass is 32.2. The van der Waals surface area contributed by atoms with Crippen LogP contribution in [0.4, 0.5) is 14.8 Å². The molecule has 0 N–H and O–H groups in total. The molecule has 1 fully saturated rings. The molecule has 31 heavy (non-hydrogen) atoms. The lowest BCUT2D eigenvalue weighted by molar-refractivity contribution is 0.164. The van der Waals surface area contributed by atoms with Crippen LogP contribution in [-0.4, -0.2) is 69.0 Å². The van der Waals surface area contributed by atoms with Crippen LogP contribution in [0.15, 0.2) is 21.6 Å². The van der Waals surface area contributed by atoms with Crippen molar-refractivity contribution in [1.82, 2.24) is 15.0 Å². The Hall–Kier alpha value is -2.27. The fraction of sp³-hybridized carbons (Fsp3) is 0.600. The third-order valence-corrected chi connectivity index (χ3v) is 6.49. The number of rotatable bonds is 8. The van der Waals surface area contributed by atoms with E-state index in [4.69, 9.17) is 9.26 Å². The minimum absolute atomic E-state index is 0.0736. The first-order valence-corrected chi connectivity index (χ1v) is 12.1. The van der Waals surface area contributed by atoms with E-state index in [2.05, 4.69) is 19.9 Å². The molecule has 172 valence electrons. The van der Waals surface area contributed by atoms with Crippen molar-refractivity contribution in [2.75, 3.05) is 44.4 Å². The molecule has 0 spiro atoms. The maximum absolute atomic E-state index is 14.1. The Morgan fingerprint density at radius 1 is 1.26 bits per heavy atom. The van der Waals surface area contributed by atoms with Crippen LogP contribution in [0.25, 0.3) is 0 Å². The maximum atomic E-state index is 14.1. The zero-order valence-electron chi connectivity index (χ0n) is 18.1. The Balaban J connectivity index is 1.49. The minimum Gasteiger partial charge on any atom is -0.486 e. The van der Waals surface area contributed by atoms with Gasteiger partial charge in [-0.2, -0.15) is 4.98 Å². The Bertz CT molecular complexity index is 981. The number of benzene rings is 1. The van der Waals surface area contributed by atoms with Gasteiger partial charge in [0.1, 0.15) is 6.61 Å². The zero-order chi connectivity index (χ0) is 22.8. The highest BCUT2D eigenvalue weighted by Crippen LogP contribution is 2.26. The summed E-state index contributed by atoms with van der Waals surface area (Å²) in [5.41, 5.74) is 0. The lowest BCUT2D eigenvalue weighted by Crippen LogP contribution is -2.44. The van der Waals surface area contributed by atoms with Gasteiger partial charge in [-0.05, 0) is 32.0 Å². The molecule has 0 bridgehead atoms. The largest absolute Gasteiger partial charge is 0.486 e. The second kappa shape index (κ2) is 9.47. The third-order valence-electron chi connectivity index (χ3n) is 5.40. The van der Waals surface area contributed by atoms with Gasteiger partial charge in [0.15, 0.2) is 33.0 Å². The molecule has 0 radical (unpaired) electrons. The number of nitrogens with zero attached hydrogens (tertiary/aromatic N) is 4. The van der Waals surface area contributed by atoms with Crippen molar-refractivity contribution in [3.05, 3.63) is 29.6 Å². The highest BCUT2D eigenvalue weighted by molar-refractivity contribution is 7.90. The summed E-state index contributed by atoms with van der Waals surface area (Å²) in [6, 6.07) is 2.37. The van der Waals surface area contributed by atoms with Gasteiger partial charge in [0.05, 0.1) is 4.90 Å². The lowest BCUT2D eigenvalue weighted by atomic mass is 10.0. The van der Waals surface area contributed by atoms with Crippen LogP contribution in [0.3, 0.4) is 0 Å². The van der Waals surface area contributed by atoms with E-state index >= 15 is 0 Å². The smallest absolute Gasteiger partial charge is 0.324 e. The molecular formula is C20H28F2N4O4S. The van der Waals surface area contributed by atoms with Crippen molar-refractivity contribution in [2.24, 2.45) is 0 Å². The lowest BCUT2D eigenvalue weighted by Gasteiger charge is -2.35. The molecule has 1 aromatic carbocycles. The maximum Gasteiger partial charge on any atom is 0.324 e. The summed E-state index contributed by atoms with van der Waals surface area (Å²) in [6.07, 6.45) is 2.65. The summed E-state index contributed by atoms with van der Waals surface area (Å²) in [6.45, 7) is 6.10. The topological polar surface area (TPSA) is 88.8 Å². The van der Waals surface area contributed by atoms with Crippen molar-refractivity contribution in [3.8, 4) is 5.75 Å².